The van der Waals surface area contributed by atoms with E-state index in [0.29, 0.717) is 6.04 Å². The van der Waals surface area contributed by atoms with Crippen LogP contribution in [-0.2, 0) is 13.1 Å². The van der Waals surface area contributed by atoms with Gasteiger partial charge in [-0.05, 0) is 55.5 Å². The highest BCUT2D eigenvalue weighted by molar-refractivity contribution is 9.10. The van der Waals surface area contributed by atoms with Crippen LogP contribution in [0.15, 0.2) is 4.47 Å². The maximum atomic E-state index is 4.51. The van der Waals surface area contributed by atoms with E-state index < -0.39 is 0 Å². The molecule has 0 aromatic carbocycles. The summed E-state index contributed by atoms with van der Waals surface area (Å²) >= 11 is 3.63. The van der Waals surface area contributed by atoms with Crippen LogP contribution in [0.2, 0.25) is 0 Å². The summed E-state index contributed by atoms with van der Waals surface area (Å²) in [6, 6.07) is 0.555. The van der Waals surface area contributed by atoms with Gasteiger partial charge in [0.1, 0.15) is 0 Å². The van der Waals surface area contributed by atoms with Crippen molar-refractivity contribution in [2.75, 3.05) is 0 Å². The number of hydrogen-bond acceptors (Lipinski definition) is 2. The Morgan fingerprint density at radius 3 is 2.50 bits per heavy atom. The van der Waals surface area contributed by atoms with E-state index in [1.165, 1.54) is 18.5 Å². The first-order valence-electron chi connectivity index (χ1n) is 6.90. The molecule has 0 spiro atoms. The van der Waals surface area contributed by atoms with Gasteiger partial charge in [0.25, 0.3) is 0 Å². The molecule has 1 unspecified atom stereocenters. The molecule has 1 rings (SSSR count). The molecule has 0 saturated carbocycles. The van der Waals surface area contributed by atoms with Crippen molar-refractivity contribution in [3.63, 3.8) is 0 Å². The van der Waals surface area contributed by atoms with E-state index in [1.54, 1.807) is 0 Å². The lowest BCUT2D eigenvalue weighted by molar-refractivity contribution is 0.441. The van der Waals surface area contributed by atoms with Gasteiger partial charge in [-0.2, -0.15) is 5.10 Å². The Morgan fingerprint density at radius 1 is 1.28 bits per heavy atom. The van der Waals surface area contributed by atoms with Gasteiger partial charge in [0.2, 0.25) is 0 Å². The van der Waals surface area contributed by atoms with Crippen molar-refractivity contribution in [1.29, 1.82) is 0 Å². The van der Waals surface area contributed by atoms with E-state index in [2.05, 4.69) is 58.7 Å². The van der Waals surface area contributed by atoms with Crippen molar-refractivity contribution in [1.82, 2.24) is 15.1 Å². The second-order valence-corrected chi connectivity index (χ2v) is 6.21. The molecule has 0 aliphatic heterocycles. The Kier molecular flexibility index (Phi) is 6.36. The average molecular weight is 316 g/mol. The van der Waals surface area contributed by atoms with Gasteiger partial charge in [-0.3, -0.25) is 4.68 Å². The number of hydrogen-bond donors (Lipinski definition) is 1. The Labute approximate surface area is 119 Å². The van der Waals surface area contributed by atoms with Gasteiger partial charge >= 0.3 is 0 Å². The first-order chi connectivity index (χ1) is 8.45. The molecule has 0 aliphatic carbocycles. The number of nitrogens with one attached hydrogen (secondary N) is 1. The number of aromatic nitrogens is 2. The molecule has 3 nitrogen and oxygen atoms in total. The third-order valence-electron chi connectivity index (χ3n) is 3.25. The SMILES string of the molecule is CCn1nc(C)c(Br)c1CNC(C)CCC(C)C. The van der Waals surface area contributed by atoms with E-state index in [-0.39, 0.29) is 0 Å². The van der Waals surface area contributed by atoms with Crippen molar-refractivity contribution in [3.05, 3.63) is 15.9 Å². The summed E-state index contributed by atoms with van der Waals surface area (Å²) in [6.07, 6.45) is 2.51. The summed E-state index contributed by atoms with van der Waals surface area (Å²) in [5.41, 5.74) is 2.33. The van der Waals surface area contributed by atoms with Crippen LogP contribution in [0.25, 0.3) is 0 Å². The maximum Gasteiger partial charge on any atom is 0.0739 e. The fourth-order valence-electron chi connectivity index (χ4n) is 1.99. The molecule has 1 atom stereocenters. The van der Waals surface area contributed by atoms with Gasteiger partial charge in [0, 0.05) is 19.1 Å². The van der Waals surface area contributed by atoms with Crippen molar-refractivity contribution in [2.24, 2.45) is 5.92 Å². The van der Waals surface area contributed by atoms with Gasteiger partial charge < -0.3 is 5.32 Å². The van der Waals surface area contributed by atoms with Gasteiger partial charge in [-0.1, -0.05) is 13.8 Å². The second-order valence-electron chi connectivity index (χ2n) is 5.41. The summed E-state index contributed by atoms with van der Waals surface area (Å²) in [5, 5.41) is 8.10. The van der Waals surface area contributed by atoms with Gasteiger partial charge in [0.05, 0.1) is 15.9 Å². The zero-order valence-corrected chi connectivity index (χ0v) is 13.8. The van der Waals surface area contributed by atoms with Gasteiger partial charge in [-0.25, -0.2) is 0 Å². The van der Waals surface area contributed by atoms with Crippen LogP contribution in [0.1, 0.15) is 51.9 Å². The van der Waals surface area contributed by atoms with Crippen molar-refractivity contribution in [3.8, 4) is 0 Å². The summed E-state index contributed by atoms with van der Waals surface area (Å²) in [7, 11) is 0. The van der Waals surface area contributed by atoms with E-state index >= 15 is 0 Å². The maximum absolute atomic E-state index is 4.51. The van der Waals surface area contributed by atoms with Gasteiger partial charge in [0.15, 0.2) is 0 Å². The summed E-state index contributed by atoms with van der Waals surface area (Å²) in [6.45, 7) is 12.8. The molecule has 0 amide bonds. The van der Waals surface area contributed by atoms with Crippen LogP contribution in [-0.4, -0.2) is 15.8 Å². The van der Waals surface area contributed by atoms with Crippen molar-refractivity contribution < 1.29 is 0 Å². The number of nitrogens with zero attached hydrogens (tertiary/aromatic N) is 2. The van der Waals surface area contributed by atoms with Gasteiger partial charge in [-0.15, -0.1) is 0 Å². The first kappa shape index (κ1) is 15.7. The van der Waals surface area contributed by atoms with E-state index in [1.807, 2.05) is 6.92 Å². The first-order valence-corrected chi connectivity index (χ1v) is 7.70. The molecule has 0 radical (unpaired) electrons. The topological polar surface area (TPSA) is 29.9 Å². The lowest BCUT2D eigenvalue weighted by atomic mass is 10.0. The monoisotopic (exact) mass is 315 g/mol. The molecule has 4 heteroatoms. The molecule has 104 valence electrons. The quantitative estimate of drug-likeness (QED) is 0.827. The Balaban J connectivity index is 2.52. The summed E-state index contributed by atoms with van der Waals surface area (Å²) in [5.74, 6) is 0.782. The minimum absolute atomic E-state index is 0.555. The standard InChI is InChI=1S/C14H26BrN3/c1-6-18-13(14(15)12(5)17-18)9-16-11(4)8-7-10(2)3/h10-11,16H,6-9H2,1-5H3. The Hall–Kier alpha value is -0.350. The third kappa shape index (κ3) is 4.39. The predicted molar refractivity (Wildman–Crippen MR) is 80.7 cm³/mol. The van der Waals surface area contributed by atoms with Crippen LogP contribution in [0.4, 0.5) is 0 Å². The van der Waals surface area contributed by atoms with Crippen LogP contribution in [0, 0.1) is 12.8 Å². The van der Waals surface area contributed by atoms with E-state index in [9.17, 15) is 0 Å². The lowest BCUT2D eigenvalue weighted by Gasteiger charge is -2.15. The molecule has 1 heterocycles. The molecule has 0 fully saturated rings. The summed E-state index contributed by atoms with van der Waals surface area (Å²) < 4.78 is 3.22. The number of aryl methyl sites for hydroxylation is 2. The molecular weight excluding hydrogens is 290 g/mol. The minimum Gasteiger partial charge on any atom is -0.309 e. The minimum atomic E-state index is 0.555. The third-order valence-corrected chi connectivity index (χ3v) is 4.28. The fraction of sp³-hybridized carbons (Fsp3) is 0.786. The highest BCUT2D eigenvalue weighted by atomic mass is 79.9. The van der Waals surface area contributed by atoms with Crippen LogP contribution in [0.3, 0.4) is 0 Å². The lowest BCUT2D eigenvalue weighted by Crippen LogP contribution is -2.27. The molecular formula is C14H26BrN3. The summed E-state index contributed by atoms with van der Waals surface area (Å²) in [4.78, 5) is 0. The van der Waals surface area contributed by atoms with Crippen LogP contribution < -0.4 is 5.32 Å². The number of halogens is 1. The van der Waals surface area contributed by atoms with Crippen LogP contribution in [0.5, 0.6) is 0 Å². The highest BCUT2D eigenvalue weighted by Gasteiger charge is 2.12. The van der Waals surface area contributed by atoms with Crippen molar-refractivity contribution >= 4 is 15.9 Å². The smallest absolute Gasteiger partial charge is 0.0739 e. The van der Waals surface area contributed by atoms with E-state index in [0.717, 1.165) is 29.2 Å². The van der Waals surface area contributed by atoms with E-state index in [4.69, 9.17) is 0 Å². The molecule has 0 bridgehead atoms. The molecule has 0 saturated heterocycles. The fourth-order valence-corrected chi connectivity index (χ4v) is 2.42. The molecule has 1 aromatic heterocycles. The molecule has 1 N–H and O–H groups in total. The highest BCUT2D eigenvalue weighted by Crippen LogP contribution is 2.21. The Morgan fingerprint density at radius 2 is 1.94 bits per heavy atom. The number of rotatable bonds is 7. The van der Waals surface area contributed by atoms with Crippen molar-refractivity contribution in [2.45, 2.75) is 66.6 Å². The molecule has 1 aromatic rings. The zero-order valence-electron chi connectivity index (χ0n) is 12.3. The molecule has 0 aliphatic rings. The Bertz CT molecular complexity index is 371. The normalized spacial score (nSPS) is 13.3. The predicted octanol–water partition coefficient (Wildman–Crippen LogP) is 3.89. The molecule has 18 heavy (non-hydrogen) atoms. The largest absolute Gasteiger partial charge is 0.309 e. The zero-order chi connectivity index (χ0) is 13.7. The second kappa shape index (κ2) is 7.29. The average Bonchev–Trinajstić information content (AvgIpc) is 2.60. The van der Waals surface area contributed by atoms with Crippen LogP contribution >= 0.6 is 15.9 Å².